The third-order valence-electron chi connectivity index (χ3n) is 3.00. The molecule has 1 N–H and O–H groups in total. The van der Waals surface area contributed by atoms with Crippen LogP contribution in [0.4, 0.5) is 4.39 Å². The van der Waals surface area contributed by atoms with Crippen LogP contribution in [0.25, 0.3) is 0 Å². The average Bonchev–Trinajstić information content (AvgIpc) is 2.29. The SMILES string of the molecule is CCCC(O)(CCC)c1ccc(OC)cc1F. The lowest BCUT2D eigenvalue weighted by Crippen LogP contribution is -2.26. The Kier molecular flexibility index (Phi) is 4.94. The summed E-state index contributed by atoms with van der Waals surface area (Å²) in [7, 11) is 1.50. The van der Waals surface area contributed by atoms with Gasteiger partial charge in [0.2, 0.25) is 0 Å². The van der Waals surface area contributed by atoms with Crippen LogP contribution in [0.1, 0.15) is 45.1 Å². The molecule has 0 aromatic heterocycles. The lowest BCUT2D eigenvalue weighted by molar-refractivity contribution is 0.0136. The molecule has 3 heteroatoms. The Labute approximate surface area is 102 Å². The van der Waals surface area contributed by atoms with Gasteiger partial charge in [0, 0.05) is 11.6 Å². The first-order chi connectivity index (χ1) is 8.07. The van der Waals surface area contributed by atoms with E-state index < -0.39 is 11.4 Å². The Morgan fingerprint density at radius 1 is 1.24 bits per heavy atom. The van der Waals surface area contributed by atoms with E-state index in [0.717, 1.165) is 12.8 Å². The third-order valence-corrected chi connectivity index (χ3v) is 3.00. The van der Waals surface area contributed by atoms with Crippen LogP contribution < -0.4 is 4.74 Å². The van der Waals surface area contributed by atoms with E-state index in [1.807, 2.05) is 13.8 Å². The molecule has 0 heterocycles. The molecule has 0 aliphatic rings. The summed E-state index contributed by atoms with van der Waals surface area (Å²) in [5, 5.41) is 10.5. The van der Waals surface area contributed by atoms with E-state index in [2.05, 4.69) is 0 Å². The first-order valence-electron chi connectivity index (χ1n) is 6.13. The van der Waals surface area contributed by atoms with Crippen molar-refractivity contribution < 1.29 is 14.2 Å². The molecule has 0 spiro atoms. The fraction of sp³-hybridized carbons (Fsp3) is 0.571. The Hall–Kier alpha value is -1.09. The number of benzene rings is 1. The summed E-state index contributed by atoms with van der Waals surface area (Å²) in [5.74, 6) is 0.0790. The summed E-state index contributed by atoms with van der Waals surface area (Å²) in [4.78, 5) is 0. The Bertz CT molecular complexity index is 357. The van der Waals surface area contributed by atoms with E-state index in [9.17, 15) is 9.50 Å². The van der Waals surface area contributed by atoms with Gasteiger partial charge in [0.05, 0.1) is 12.7 Å². The third kappa shape index (κ3) is 3.19. The van der Waals surface area contributed by atoms with Crippen molar-refractivity contribution in [2.24, 2.45) is 0 Å². The smallest absolute Gasteiger partial charge is 0.132 e. The largest absolute Gasteiger partial charge is 0.497 e. The van der Waals surface area contributed by atoms with Crippen molar-refractivity contribution in [2.75, 3.05) is 7.11 Å². The van der Waals surface area contributed by atoms with Gasteiger partial charge in [0.15, 0.2) is 0 Å². The van der Waals surface area contributed by atoms with Gasteiger partial charge in [-0.05, 0) is 25.0 Å². The number of methoxy groups -OCH3 is 1. The minimum Gasteiger partial charge on any atom is -0.497 e. The van der Waals surface area contributed by atoms with E-state index in [0.29, 0.717) is 24.2 Å². The number of halogens is 1. The lowest BCUT2D eigenvalue weighted by atomic mass is 9.85. The summed E-state index contributed by atoms with van der Waals surface area (Å²) in [6.45, 7) is 3.98. The normalized spacial score (nSPS) is 11.6. The van der Waals surface area contributed by atoms with E-state index in [-0.39, 0.29) is 0 Å². The molecule has 1 aromatic carbocycles. The van der Waals surface area contributed by atoms with Crippen LogP contribution in [0.2, 0.25) is 0 Å². The molecule has 0 fully saturated rings. The van der Waals surface area contributed by atoms with Gasteiger partial charge in [-0.1, -0.05) is 26.7 Å². The van der Waals surface area contributed by atoms with Gasteiger partial charge in [0.1, 0.15) is 11.6 Å². The molecule has 0 bridgehead atoms. The maximum Gasteiger partial charge on any atom is 0.132 e. The molecule has 0 aliphatic heterocycles. The zero-order valence-electron chi connectivity index (χ0n) is 10.8. The van der Waals surface area contributed by atoms with Gasteiger partial charge in [-0.3, -0.25) is 0 Å². The molecular formula is C14H21FO2. The second-order valence-corrected chi connectivity index (χ2v) is 4.38. The predicted octanol–water partition coefficient (Wildman–Crippen LogP) is 3.62. The maximum atomic E-state index is 13.9. The Morgan fingerprint density at radius 2 is 1.82 bits per heavy atom. The van der Waals surface area contributed by atoms with Gasteiger partial charge >= 0.3 is 0 Å². The zero-order valence-corrected chi connectivity index (χ0v) is 10.8. The first kappa shape index (κ1) is 14.0. The molecule has 0 saturated heterocycles. The second-order valence-electron chi connectivity index (χ2n) is 4.38. The van der Waals surface area contributed by atoms with Crippen molar-refractivity contribution in [3.05, 3.63) is 29.6 Å². The van der Waals surface area contributed by atoms with Crippen LogP contribution >= 0.6 is 0 Å². The standard InChI is InChI=1S/C14H21FO2/c1-4-8-14(16,9-5-2)12-7-6-11(17-3)10-13(12)15/h6-7,10,16H,4-5,8-9H2,1-3H3. The molecule has 96 valence electrons. The number of hydrogen-bond acceptors (Lipinski definition) is 2. The maximum absolute atomic E-state index is 13.9. The summed E-state index contributed by atoms with van der Waals surface area (Å²) < 4.78 is 18.9. The molecular weight excluding hydrogens is 219 g/mol. The van der Waals surface area contributed by atoms with Crippen LogP contribution in [0.5, 0.6) is 5.75 Å². The summed E-state index contributed by atoms with van der Waals surface area (Å²) >= 11 is 0. The summed E-state index contributed by atoms with van der Waals surface area (Å²) in [6, 6.07) is 4.64. The highest BCUT2D eigenvalue weighted by Gasteiger charge is 2.30. The zero-order chi connectivity index (χ0) is 12.9. The summed E-state index contributed by atoms with van der Waals surface area (Å²) in [6.07, 6.45) is 2.79. The number of aliphatic hydroxyl groups is 1. The molecule has 2 nitrogen and oxygen atoms in total. The fourth-order valence-electron chi connectivity index (χ4n) is 2.22. The first-order valence-corrected chi connectivity index (χ1v) is 6.13. The van der Waals surface area contributed by atoms with E-state index in [1.54, 1.807) is 12.1 Å². The molecule has 0 aliphatic carbocycles. The van der Waals surface area contributed by atoms with Crippen molar-refractivity contribution in [1.29, 1.82) is 0 Å². The van der Waals surface area contributed by atoms with Crippen molar-refractivity contribution in [3.63, 3.8) is 0 Å². The predicted molar refractivity (Wildman–Crippen MR) is 66.7 cm³/mol. The molecule has 17 heavy (non-hydrogen) atoms. The van der Waals surface area contributed by atoms with Gasteiger partial charge in [-0.15, -0.1) is 0 Å². The minimum atomic E-state index is -1.06. The monoisotopic (exact) mass is 240 g/mol. The molecule has 0 unspecified atom stereocenters. The van der Waals surface area contributed by atoms with E-state index >= 15 is 0 Å². The Morgan fingerprint density at radius 3 is 2.24 bits per heavy atom. The van der Waals surface area contributed by atoms with E-state index in [4.69, 9.17) is 4.74 Å². The van der Waals surface area contributed by atoms with Crippen LogP contribution in [0, 0.1) is 5.82 Å². The number of hydrogen-bond donors (Lipinski definition) is 1. The van der Waals surface area contributed by atoms with Gasteiger partial charge in [-0.25, -0.2) is 4.39 Å². The van der Waals surface area contributed by atoms with Crippen molar-refractivity contribution in [2.45, 2.75) is 45.1 Å². The molecule has 1 rings (SSSR count). The van der Waals surface area contributed by atoms with Gasteiger partial charge in [0.25, 0.3) is 0 Å². The molecule has 0 radical (unpaired) electrons. The molecule has 0 saturated carbocycles. The van der Waals surface area contributed by atoms with Gasteiger partial charge < -0.3 is 9.84 Å². The van der Waals surface area contributed by atoms with E-state index in [1.165, 1.54) is 13.2 Å². The average molecular weight is 240 g/mol. The molecule has 1 aromatic rings. The van der Waals surface area contributed by atoms with Crippen molar-refractivity contribution >= 4 is 0 Å². The highest BCUT2D eigenvalue weighted by atomic mass is 19.1. The molecule has 0 atom stereocenters. The highest BCUT2D eigenvalue weighted by molar-refractivity contribution is 5.32. The lowest BCUT2D eigenvalue weighted by Gasteiger charge is -2.28. The van der Waals surface area contributed by atoms with Crippen LogP contribution in [0.15, 0.2) is 18.2 Å². The number of ether oxygens (including phenoxy) is 1. The van der Waals surface area contributed by atoms with Gasteiger partial charge in [-0.2, -0.15) is 0 Å². The summed E-state index contributed by atoms with van der Waals surface area (Å²) in [5.41, 5.74) is -0.679. The van der Waals surface area contributed by atoms with Crippen LogP contribution in [-0.2, 0) is 5.60 Å². The van der Waals surface area contributed by atoms with Crippen LogP contribution in [0.3, 0.4) is 0 Å². The molecule has 0 amide bonds. The van der Waals surface area contributed by atoms with Crippen molar-refractivity contribution in [3.8, 4) is 5.75 Å². The fourth-order valence-corrected chi connectivity index (χ4v) is 2.22. The second kappa shape index (κ2) is 6.01. The minimum absolute atomic E-state index is 0.377. The Balaban J connectivity index is 3.09. The van der Waals surface area contributed by atoms with Crippen LogP contribution in [-0.4, -0.2) is 12.2 Å². The topological polar surface area (TPSA) is 29.5 Å². The number of rotatable bonds is 6. The van der Waals surface area contributed by atoms with Crippen molar-refractivity contribution in [1.82, 2.24) is 0 Å². The highest BCUT2D eigenvalue weighted by Crippen LogP contribution is 2.34. The quantitative estimate of drug-likeness (QED) is 0.823.